The third-order valence-corrected chi connectivity index (χ3v) is 2.10. The van der Waals surface area contributed by atoms with E-state index in [4.69, 9.17) is 29.3 Å². The lowest BCUT2D eigenvalue weighted by atomic mass is 10.5. The van der Waals surface area contributed by atoms with E-state index in [1.54, 1.807) is 14.2 Å². The Morgan fingerprint density at radius 2 is 0.955 bits per heavy atom. The quantitative estimate of drug-likeness (QED) is 0.386. The topological polar surface area (TPSA) is 98.7 Å². The predicted molar refractivity (Wildman–Crippen MR) is 79.6 cm³/mol. The molecule has 0 radical (unpaired) electrons. The third-order valence-electron chi connectivity index (χ3n) is 2.10. The highest BCUT2D eigenvalue weighted by Gasteiger charge is 2.04. The van der Waals surface area contributed by atoms with Crippen molar-refractivity contribution >= 4 is 11.9 Å². The van der Waals surface area contributed by atoms with Gasteiger partial charge in [0.2, 0.25) is 0 Å². The smallest absolute Gasteiger partial charge is 0.102 e. The maximum Gasteiger partial charge on any atom is 0.102 e. The van der Waals surface area contributed by atoms with Gasteiger partial charge in [0.05, 0.1) is 67.4 Å². The molecule has 0 aliphatic carbocycles. The van der Waals surface area contributed by atoms with Gasteiger partial charge in [-0.1, -0.05) is 0 Å². The van der Waals surface area contributed by atoms with Crippen LogP contribution in [0.5, 0.6) is 0 Å². The first-order valence-corrected chi connectivity index (χ1v) is 6.78. The molecule has 0 heterocycles. The highest BCUT2D eigenvalue weighted by Crippen LogP contribution is 1.87. The fourth-order valence-corrected chi connectivity index (χ4v) is 0.730. The Balaban J connectivity index is -0.000000249. The lowest BCUT2D eigenvalue weighted by molar-refractivity contribution is -0.870. The van der Waals surface area contributed by atoms with Crippen molar-refractivity contribution in [3.63, 3.8) is 0 Å². The van der Waals surface area contributed by atoms with Crippen LogP contribution in [0.4, 0.5) is 0 Å². The van der Waals surface area contributed by atoms with Gasteiger partial charge in [0.25, 0.3) is 0 Å². The van der Waals surface area contributed by atoms with Crippen molar-refractivity contribution in [3.8, 4) is 0 Å². The Morgan fingerprint density at radius 1 is 0.727 bits per heavy atom. The van der Waals surface area contributed by atoms with E-state index < -0.39 is 11.9 Å². The van der Waals surface area contributed by atoms with Crippen LogP contribution in [0.3, 0.4) is 0 Å². The van der Waals surface area contributed by atoms with Crippen LogP contribution in [-0.2, 0) is 19.1 Å². The molecule has 0 N–H and O–H groups in total. The van der Waals surface area contributed by atoms with E-state index in [2.05, 4.69) is 42.3 Å². The summed E-state index contributed by atoms with van der Waals surface area (Å²) < 4.78 is 11.8. The molecule has 0 fully saturated rings. The van der Waals surface area contributed by atoms with Gasteiger partial charge >= 0.3 is 0 Å². The number of rotatable bonds is 6. The van der Waals surface area contributed by atoms with Gasteiger partial charge in [-0.2, -0.15) is 0 Å². The summed E-state index contributed by atoms with van der Waals surface area (Å²) in [7, 11) is 16.4. The summed E-state index contributed by atoms with van der Waals surface area (Å²) in [6.07, 6.45) is 0. The van der Waals surface area contributed by atoms with Crippen molar-refractivity contribution in [1.29, 1.82) is 0 Å². The van der Waals surface area contributed by atoms with Gasteiger partial charge in [-0.05, 0) is 0 Å². The van der Waals surface area contributed by atoms with E-state index in [-0.39, 0.29) is 0 Å². The van der Waals surface area contributed by atoms with Crippen molar-refractivity contribution in [3.05, 3.63) is 0 Å². The van der Waals surface area contributed by atoms with Crippen LogP contribution in [0.25, 0.3) is 0 Å². The van der Waals surface area contributed by atoms with Crippen molar-refractivity contribution in [1.82, 2.24) is 0 Å². The molecule has 0 unspecified atom stereocenters. The van der Waals surface area contributed by atoms with E-state index >= 15 is 0 Å². The highest BCUT2D eigenvalue weighted by atomic mass is 16.5. The maximum atomic E-state index is 8.93. The summed E-state index contributed by atoms with van der Waals surface area (Å²) in [5, 5.41) is 17.9. The lowest BCUT2D eigenvalue weighted by Gasteiger charge is -2.22. The molecular formula is C14H32N2O6. The van der Waals surface area contributed by atoms with Crippen LogP contribution in [0, 0.1) is 0 Å². The normalized spacial score (nSPS) is 10.7. The van der Waals surface area contributed by atoms with Crippen LogP contribution in [-0.4, -0.2) is 104 Å². The molecule has 0 aliphatic heterocycles. The van der Waals surface area contributed by atoms with E-state index in [0.29, 0.717) is 0 Å². The summed E-state index contributed by atoms with van der Waals surface area (Å²) in [6.45, 7) is 3.86. The number of aliphatic carboxylic acids is 2. The van der Waals surface area contributed by atoms with Gasteiger partial charge in [-0.3, -0.25) is 0 Å². The van der Waals surface area contributed by atoms with Crippen molar-refractivity contribution in [2.75, 3.05) is 82.8 Å². The van der Waals surface area contributed by atoms with Crippen LogP contribution in [0.1, 0.15) is 0 Å². The molecule has 0 amide bonds. The molecular weight excluding hydrogens is 292 g/mol. The van der Waals surface area contributed by atoms with Gasteiger partial charge in [-0.15, -0.1) is 0 Å². The Hall–Kier alpha value is -1.22. The lowest BCUT2D eigenvalue weighted by Crippen LogP contribution is -2.42. The fraction of sp³-hybridized carbons (Fsp3) is 0.857. The van der Waals surface area contributed by atoms with Crippen LogP contribution < -0.4 is 10.2 Å². The summed E-state index contributed by atoms with van der Waals surface area (Å²) in [4.78, 5) is 17.9. The Labute approximate surface area is 134 Å². The Bertz CT molecular complexity index is 265. The van der Waals surface area contributed by atoms with Crippen LogP contribution in [0.2, 0.25) is 0 Å². The zero-order valence-corrected chi connectivity index (χ0v) is 15.2. The summed E-state index contributed by atoms with van der Waals surface area (Å²) in [5.41, 5.74) is 0. The first-order valence-electron chi connectivity index (χ1n) is 6.78. The molecule has 0 bridgehead atoms. The fourth-order valence-electron chi connectivity index (χ4n) is 0.730. The van der Waals surface area contributed by atoms with E-state index in [9.17, 15) is 0 Å². The number of carboxylic acids is 2. The molecule has 8 nitrogen and oxygen atoms in total. The second kappa shape index (κ2) is 13.4. The van der Waals surface area contributed by atoms with Gasteiger partial charge in [-0.25, -0.2) is 0 Å². The summed E-state index contributed by atoms with van der Waals surface area (Å²) in [6, 6.07) is 0. The molecule has 0 saturated carbocycles. The van der Waals surface area contributed by atoms with Crippen LogP contribution in [0.15, 0.2) is 0 Å². The first kappa shape index (κ1) is 25.7. The average Bonchev–Trinajstić information content (AvgIpc) is 2.33. The molecule has 0 aromatic carbocycles. The Kier molecular flexibility index (Phi) is 15.7. The van der Waals surface area contributed by atoms with Gasteiger partial charge < -0.3 is 38.2 Å². The highest BCUT2D eigenvalue weighted by molar-refractivity contribution is 6.25. The molecule has 0 aromatic rings. The standard InChI is InChI=1S/2C6H16NO.C2H2O4/c2*1-7(2,3)5-6-8-4;3-1(4)2(5)6/h2*5-6H2,1-4H3;(H,3,4)(H,5,6)/q2*+1;/p-2. The number of nitrogens with zero attached hydrogens (tertiary/aromatic N) is 2. The number of methoxy groups -OCH3 is 2. The number of carbonyl (C=O) groups excluding carboxylic acids is 2. The third kappa shape index (κ3) is 36.3. The van der Waals surface area contributed by atoms with Crippen molar-refractivity contribution in [2.24, 2.45) is 0 Å². The molecule has 0 rings (SSSR count). The van der Waals surface area contributed by atoms with Crippen molar-refractivity contribution < 1.29 is 38.2 Å². The molecule has 22 heavy (non-hydrogen) atoms. The zero-order valence-electron chi connectivity index (χ0n) is 15.2. The maximum absolute atomic E-state index is 8.93. The van der Waals surface area contributed by atoms with Gasteiger partial charge in [0.1, 0.15) is 13.1 Å². The van der Waals surface area contributed by atoms with E-state index in [0.717, 1.165) is 35.3 Å². The predicted octanol–water partition coefficient (Wildman–Crippen LogP) is -2.84. The molecule has 8 heteroatoms. The number of hydrogen-bond acceptors (Lipinski definition) is 6. The number of hydrogen-bond donors (Lipinski definition) is 0. The largest absolute Gasteiger partial charge is 0.543 e. The molecule has 134 valence electrons. The number of carboxylic acid groups (broad SMARTS) is 2. The minimum Gasteiger partial charge on any atom is -0.543 e. The number of quaternary nitrogens is 2. The summed E-state index contributed by atoms with van der Waals surface area (Å²) in [5.74, 6) is -4.37. The number of carbonyl (C=O) groups is 2. The monoisotopic (exact) mass is 324 g/mol. The minimum absolute atomic E-state index is 0.851. The molecule has 0 atom stereocenters. The van der Waals surface area contributed by atoms with E-state index in [1.165, 1.54) is 0 Å². The number of ether oxygens (including phenoxy) is 2. The minimum atomic E-state index is -2.19. The number of likely N-dealkylation sites (N-methyl/N-ethyl adjacent to an activating group) is 2. The van der Waals surface area contributed by atoms with Crippen molar-refractivity contribution in [2.45, 2.75) is 0 Å². The molecule has 0 saturated heterocycles. The van der Waals surface area contributed by atoms with Crippen LogP contribution >= 0.6 is 0 Å². The molecule has 0 spiro atoms. The van der Waals surface area contributed by atoms with E-state index in [1.807, 2.05) is 0 Å². The van der Waals surface area contributed by atoms with Gasteiger partial charge in [0, 0.05) is 14.2 Å². The average molecular weight is 324 g/mol. The SMILES string of the molecule is COCC[N+](C)(C)C.COCC[N+](C)(C)C.O=C([O-])C(=O)[O-]. The zero-order chi connectivity index (χ0) is 18.4. The second-order valence-electron chi connectivity index (χ2n) is 6.59. The van der Waals surface area contributed by atoms with Gasteiger partial charge in [0.15, 0.2) is 0 Å². The molecule has 0 aromatic heterocycles. The Morgan fingerprint density at radius 3 is 1.00 bits per heavy atom. The molecule has 0 aliphatic rings. The second-order valence-corrected chi connectivity index (χ2v) is 6.59. The first-order chi connectivity index (χ1) is 9.76. The summed E-state index contributed by atoms with van der Waals surface area (Å²) >= 11 is 0.